The second kappa shape index (κ2) is 5.83. The van der Waals surface area contributed by atoms with E-state index in [-0.39, 0.29) is 5.75 Å². The SMILES string of the molecule is COc1ccc2nc(Cc3ccc(OC(F)(F)F)cc3)[nH]c2c1. The molecule has 7 heteroatoms. The number of fused-ring (bicyclic) bond motifs is 1. The number of methoxy groups -OCH3 is 1. The van der Waals surface area contributed by atoms with Crippen LogP contribution >= 0.6 is 0 Å². The maximum absolute atomic E-state index is 12.1. The normalized spacial score (nSPS) is 11.7. The molecule has 0 spiro atoms. The third kappa shape index (κ3) is 3.74. The standard InChI is InChI=1S/C16H13F3N2O2/c1-22-12-6-7-13-14(9-12)21-15(20-13)8-10-2-4-11(5-3-10)23-16(17,18)19/h2-7,9H,8H2,1H3,(H,20,21). The van der Waals surface area contributed by atoms with E-state index in [1.165, 1.54) is 12.1 Å². The fourth-order valence-corrected chi connectivity index (χ4v) is 2.25. The molecular formula is C16H13F3N2O2. The van der Waals surface area contributed by atoms with Gasteiger partial charge in [0, 0.05) is 12.5 Å². The zero-order valence-electron chi connectivity index (χ0n) is 12.1. The number of hydrogen-bond acceptors (Lipinski definition) is 3. The molecule has 120 valence electrons. The average Bonchev–Trinajstić information content (AvgIpc) is 2.89. The zero-order chi connectivity index (χ0) is 16.4. The molecule has 1 aromatic heterocycles. The van der Waals surface area contributed by atoms with Crippen LogP contribution < -0.4 is 9.47 Å². The van der Waals surface area contributed by atoms with Crippen molar-refractivity contribution in [2.45, 2.75) is 12.8 Å². The lowest BCUT2D eigenvalue weighted by Gasteiger charge is -2.08. The quantitative estimate of drug-likeness (QED) is 0.788. The van der Waals surface area contributed by atoms with Gasteiger partial charge >= 0.3 is 6.36 Å². The topological polar surface area (TPSA) is 47.1 Å². The van der Waals surface area contributed by atoms with Gasteiger partial charge in [0.15, 0.2) is 0 Å². The highest BCUT2D eigenvalue weighted by atomic mass is 19.4. The van der Waals surface area contributed by atoms with E-state index in [0.29, 0.717) is 6.42 Å². The molecule has 0 saturated carbocycles. The summed E-state index contributed by atoms with van der Waals surface area (Å²) in [5.41, 5.74) is 2.47. The highest BCUT2D eigenvalue weighted by Gasteiger charge is 2.30. The number of aromatic amines is 1. The minimum Gasteiger partial charge on any atom is -0.497 e. The van der Waals surface area contributed by atoms with Crippen LogP contribution in [0.2, 0.25) is 0 Å². The second-order valence-electron chi connectivity index (χ2n) is 4.94. The molecule has 0 bridgehead atoms. The van der Waals surface area contributed by atoms with E-state index >= 15 is 0 Å². The molecule has 4 nitrogen and oxygen atoms in total. The molecule has 0 radical (unpaired) electrons. The summed E-state index contributed by atoms with van der Waals surface area (Å²) in [5, 5.41) is 0. The number of alkyl halides is 3. The van der Waals surface area contributed by atoms with E-state index < -0.39 is 6.36 Å². The van der Waals surface area contributed by atoms with E-state index in [2.05, 4.69) is 14.7 Å². The van der Waals surface area contributed by atoms with Crippen LogP contribution in [-0.4, -0.2) is 23.4 Å². The zero-order valence-corrected chi connectivity index (χ0v) is 12.1. The number of rotatable bonds is 4. The number of hydrogen-bond donors (Lipinski definition) is 1. The number of aromatic nitrogens is 2. The fraction of sp³-hybridized carbons (Fsp3) is 0.188. The minimum atomic E-state index is -4.68. The number of nitrogens with one attached hydrogen (secondary N) is 1. The van der Waals surface area contributed by atoms with Crippen LogP contribution in [0.15, 0.2) is 42.5 Å². The van der Waals surface area contributed by atoms with Gasteiger partial charge in [-0.25, -0.2) is 4.98 Å². The summed E-state index contributed by atoms with van der Waals surface area (Å²) >= 11 is 0. The summed E-state index contributed by atoms with van der Waals surface area (Å²) in [5.74, 6) is 1.20. The number of imidazole rings is 1. The first-order valence-electron chi connectivity index (χ1n) is 6.80. The first kappa shape index (κ1) is 15.2. The van der Waals surface area contributed by atoms with Gasteiger partial charge in [-0.3, -0.25) is 0 Å². The van der Waals surface area contributed by atoms with Gasteiger partial charge in [0.2, 0.25) is 0 Å². The lowest BCUT2D eigenvalue weighted by molar-refractivity contribution is -0.274. The van der Waals surface area contributed by atoms with Crippen LogP contribution in [0.1, 0.15) is 11.4 Å². The Morgan fingerprint density at radius 3 is 2.39 bits per heavy atom. The van der Waals surface area contributed by atoms with Crippen molar-refractivity contribution in [2.75, 3.05) is 7.11 Å². The predicted octanol–water partition coefficient (Wildman–Crippen LogP) is 4.06. The first-order valence-corrected chi connectivity index (χ1v) is 6.80. The molecule has 23 heavy (non-hydrogen) atoms. The smallest absolute Gasteiger partial charge is 0.497 e. The molecule has 0 atom stereocenters. The molecule has 0 amide bonds. The molecule has 0 aliphatic rings. The average molecular weight is 322 g/mol. The molecule has 3 aromatic rings. The van der Waals surface area contributed by atoms with Crippen molar-refractivity contribution in [1.82, 2.24) is 9.97 Å². The third-order valence-corrected chi connectivity index (χ3v) is 3.27. The fourth-order valence-electron chi connectivity index (χ4n) is 2.25. The Hall–Kier alpha value is -2.70. The summed E-state index contributed by atoms with van der Waals surface area (Å²) in [6.07, 6.45) is -4.21. The molecule has 0 aliphatic carbocycles. The van der Waals surface area contributed by atoms with Crippen LogP contribution in [0.3, 0.4) is 0 Å². The number of nitrogens with zero attached hydrogens (tertiary/aromatic N) is 1. The van der Waals surface area contributed by atoms with E-state index in [0.717, 1.165) is 28.2 Å². The van der Waals surface area contributed by atoms with Gasteiger partial charge in [0.05, 0.1) is 18.1 Å². The number of halogens is 3. The summed E-state index contributed by atoms with van der Waals surface area (Å²) in [7, 11) is 1.59. The molecule has 3 rings (SSSR count). The van der Waals surface area contributed by atoms with Crippen LogP contribution in [0.4, 0.5) is 13.2 Å². The Morgan fingerprint density at radius 1 is 1.04 bits per heavy atom. The predicted molar refractivity (Wildman–Crippen MR) is 78.6 cm³/mol. The largest absolute Gasteiger partial charge is 0.573 e. The number of ether oxygens (including phenoxy) is 2. The van der Waals surface area contributed by atoms with Crippen LogP contribution in [0.25, 0.3) is 11.0 Å². The van der Waals surface area contributed by atoms with Crippen molar-refractivity contribution < 1.29 is 22.6 Å². The summed E-state index contributed by atoms with van der Waals surface area (Å²) in [6, 6.07) is 11.2. The van der Waals surface area contributed by atoms with Crippen molar-refractivity contribution >= 4 is 11.0 Å². The van der Waals surface area contributed by atoms with Crippen molar-refractivity contribution in [3.05, 3.63) is 53.9 Å². The Bertz CT molecular complexity index is 810. The van der Waals surface area contributed by atoms with Gasteiger partial charge in [-0.15, -0.1) is 13.2 Å². The van der Waals surface area contributed by atoms with Crippen LogP contribution in [0.5, 0.6) is 11.5 Å². The summed E-state index contributed by atoms with van der Waals surface area (Å²) < 4.78 is 45.4. The lowest BCUT2D eigenvalue weighted by atomic mass is 10.1. The van der Waals surface area contributed by atoms with E-state index in [1.54, 1.807) is 19.2 Å². The van der Waals surface area contributed by atoms with Gasteiger partial charge in [0.1, 0.15) is 17.3 Å². The molecule has 2 aromatic carbocycles. The van der Waals surface area contributed by atoms with Gasteiger partial charge in [-0.05, 0) is 29.8 Å². The number of H-pyrrole nitrogens is 1. The van der Waals surface area contributed by atoms with Crippen LogP contribution in [0, 0.1) is 0 Å². The van der Waals surface area contributed by atoms with Crippen molar-refractivity contribution in [3.8, 4) is 11.5 Å². The molecule has 0 unspecified atom stereocenters. The van der Waals surface area contributed by atoms with Crippen molar-refractivity contribution in [1.29, 1.82) is 0 Å². The van der Waals surface area contributed by atoms with E-state index in [4.69, 9.17) is 4.74 Å². The molecule has 0 saturated heterocycles. The van der Waals surface area contributed by atoms with Gasteiger partial charge in [-0.1, -0.05) is 12.1 Å². The molecule has 1 N–H and O–H groups in total. The van der Waals surface area contributed by atoms with Crippen LogP contribution in [-0.2, 0) is 6.42 Å². The van der Waals surface area contributed by atoms with E-state index in [9.17, 15) is 13.2 Å². The molecule has 1 heterocycles. The Balaban J connectivity index is 1.76. The lowest BCUT2D eigenvalue weighted by Crippen LogP contribution is -2.17. The maximum Gasteiger partial charge on any atom is 0.573 e. The minimum absolute atomic E-state index is 0.240. The monoisotopic (exact) mass is 322 g/mol. The Labute approximate surface area is 129 Å². The summed E-state index contributed by atoms with van der Waals surface area (Å²) in [4.78, 5) is 7.61. The van der Waals surface area contributed by atoms with Crippen molar-refractivity contribution in [2.24, 2.45) is 0 Å². The maximum atomic E-state index is 12.1. The third-order valence-electron chi connectivity index (χ3n) is 3.27. The van der Waals surface area contributed by atoms with E-state index in [1.807, 2.05) is 18.2 Å². The summed E-state index contributed by atoms with van der Waals surface area (Å²) in [6.45, 7) is 0. The van der Waals surface area contributed by atoms with Gasteiger partial charge in [0.25, 0.3) is 0 Å². The highest BCUT2D eigenvalue weighted by Crippen LogP contribution is 2.24. The molecular weight excluding hydrogens is 309 g/mol. The van der Waals surface area contributed by atoms with Gasteiger partial charge in [-0.2, -0.15) is 0 Å². The van der Waals surface area contributed by atoms with Gasteiger partial charge < -0.3 is 14.5 Å². The highest BCUT2D eigenvalue weighted by molar-refractivity contribution is 5.76. The molecule has 0 fully saturated rings. The molecule has 0 aliphatic heterocycles. The first-order chi connectivity index (χ1) is 10.9. The number of benzene rings is 2. The Kier molecular flexibility index (Phi) is 3.85. The van der Waals surface area contributed by atoms with Crippen molar-refractivity contribution in [3.63, 3.8) is 0 Å². The Morgan fingerprint density at radius 2 is 1.74 bits per heavy atom. The second-order valence-corrected chi connectivity index (χ2v) is 4.94.